The zero-order valence-corrected chi connectivity index (χ0v) is 12.5. The average molecular weight is 282 g/mol. The van der Waals surface area contributed by atoms with E-state index in [1.165, 1.54) is 0 Å². The summed E-state index contributed by atoms with van der Waals surface area (Å²) in [6.45, 7) is 4.00. The molecule has 0 fully saturated rings. The lowest BCUT2D eigenvalue weighted by Crippen LogP contribution is -2.16. The van der Waals surface area contributed by atoms with Crippen LogP contribution in [0.25, 0.3) is 0 Å². The van der Waals surface area contributed by atoms with E-state index in [1.807, 2.05) is 6.92 Å². The highest BCUT2D eigenvalue weighted by Gasteiger charge is 2.18. The molecule has 0 aliphatic heterocycles. The zero-order chi connectivity index (χ0) is 14.3. The third kappa shape index (κ3) is 5.55. The average Bonchev–Trinajstić information content (AvgIpc) is 2.34. The van der Waals surface area contributed by atoms with Gasteiger partial charge in [-0.05, 0) is 25.5 Å². The van der Waals surface area contributed by atoms with E-state index in [-0.39, 0.29) is 16.4 Å². The monoisotopic (exact) mass is 282 g/mol. The van der Waals surface area contributed by atoms with Crippen molar-refractivity contribution in [3.63, 3.8) is 0 Å². The lowest BCUT2D eigenvalue weighted by molar-refractivity contribution is -0.116. The molecule has 0 heterocycles. The fraction of sp³-hybridized carbons (Fsp3) is 0.533. The van der Waals surface area contributed by atoms with Crippen LogP contribution in [0.3, 0.4) is 0 Å². The van der Waals surface area contributed by atoms with Crippen LogP contribution in [0.2, 0.25) is 0 Å². The van der Waals surface area contributed by atoms with Crippen LogP contribution < -0.4 is 0 Å². The molecule has 3 nitrogen and oxygen atoms in total. The summed E-state index contributed by atoms with van der Waals surface area (Å²) in [5.74, 6) is -0.556. The first-order valence-corrected chi connectivity index (χ1v) is 8.42. The number of carbonyl (C=O) groups is 1. The fourth-order valence-corrected chi connectivity index (χ4v) is 3.15. The van der Waals surface area contributed by atoms with E-state index >= 15 is 0 Å². The molecule has 0 radical (unpaired) electrons. The lowest BCUT2D eigenvalue weighted by atomic mass is 10.1. The van der Waals surface area contributed by atoms with Crippen LogP contribution in [0.4, 0.5) is 0 Å². The van der Waals surface area contributed by atoms with Gasteiger partial charge in [0.15, 0.2) is 9.84 Å². The second kappa shape index (κ2) is 7.43. The molecule has 0 aliphatic carbocycles. The Bertz CT molecular complexity index is 501. The summed E-state index contributed by atoms with van der Waals surface area (Å²) in [7, 11) is -3.47. The molecule has 0 aliphatic rings. The van der Waals surface area contributed by atoms with Crippen LogP contribution >= 0.6 is 0 Å². The number of benzene rings is 1. The number of ketones is 1. The van der Waals surface area contributed by atoms with Crippen molar-refractivity contribution in [2.75, 3.05) is 5.75 Å². The maximum Gasteiger partial charge on any atom is 0.185 e. The van der Waals surface area contributed by atoms with Crippen molar-refractivity contribution >= 4 is 15.6 Å². The number of rotatable bonds is 8. The molecule has 0 N–H and O–H groups in total. The van der Waals surface area contributed by atoms with Gasteiger partial charge in [-0.15, -0.1) is 0 Å². The van der Waals surface area contributed by atoms with Gasteiger partial charge in [0, 0.05) is 6.42 Å². The molecule has 4 heteroatoms. The van der Waals surface area contributed by atoms with Crippen molar-refractivity contribution in [2.45, 2.75) is 50.8 Å². The van der Waals surface area contributed by atoms with Crippen molar-refractivity contribution in [3.05, 3.63) is 29.8 Å². The third-order valence-electron chi connectivity index (χ3n) is 3.04. The molecular weight excluding hydrogens is 260 g/mol. The Balaban J connectivity index is 2.55. The van der Waals surface area contributed by atoms with Gasteiger partial charge < -0.3 is 0 Å². The number of Topliss-reactive ketones (excluding diaryl/α,β-unsaturated/α-hetero) is 1. The van der Waals surface area contributed by atoms with E-state index in [0.29, 0.717) is 6.42 Å². The van der Waals surface area contributed by atoms with E-state index in [4.69, 9.17) is 0 Å². The Kier molecular flexibility index (Phi) is 6.22. The highest BCUT2D eigenvalue weighted by atomic mass is 32.2. The van der Waals surface area contributed by atoms with Crippen molar-refractivity contribution < 1.29 is 13.2 Å². The van der Waals surface area contributed by atoms with E-state index in [9.17, 15) is 13.2 Å². The predicted octanol–water partition coefficient (Wildman–Crippen LogP) is 3.31. The molecule has 0 saturated heterocycles. The molecule has 19 heavy (non-hydrogen) atoms. The first-order chi connectivity index (χ1) is 8.95. The van der Waals surface area contributed by atoms with Gasteiger partial charge in [-0.1, -0.05) is 43.9 Å². The molecule has 0 unspecified atom stereocenters. The standard InChI is InChI=1S/C15H22O3S/c1-3-4-5-6-7-14(16)12-19(17,18)15-10-8-13(2)9-11-15/h8-11H,3-7,12H2,1-2H3. The minimum Gasteiger partial charge on any atom is -0.299 e. The van der Waals surface area contributed by atoms with Crippen molar-refractivity contribution in [2.24, 2.45) is 0 Å². The molecule has 0 amide bonds. The second-order valence-corrected chi connectivity index (χ2v) is 6.91. The highest BCUT2D eigenvalue weighted by Crippen LogP contribution is 2.13. The third-order valence-corrected chi connectivity index (χ3v) is 4.73. The van der Waals surface area contributed by atoms with E-state index < -0.39 is 9.84 Å². The topological polar surface area (TPSA) is 51.2 Å². The largest absolute Gasteiger partial charge is 0.299 e. The summed E-state index contributed by atoms with van der Waals surface area (Å²) in [5, 5.41) is 0. The van der Waals surface area contributed by atoms with Gasteiger partial charge in [0.05, 0.1) is 4.90 Å². The van der Waals surface area contributed by atoms with Crippen molar-refractivity contribution in [1.82, 2.24) is 0 Å². The van der Waals surface area contributed by atoms with Crippen LogP contribution in [-0.4, -0.2) is 20.0 Å². The summed E-state index contributed by atoms with van der Waals surface area (Å²) in [6, 6.07) is 6.63. The fourth-order valence-electron chi connectivity index (χ4n) is 1.86. The SMILES string of the molecule is CCCCCCC(=O)CS(=O)(=O)c1ccc(C)cc1. The molecule has 1 rings (SSSR count). The Labute approximate surface area is 116 Å². The summed E-state index contributed by atoms with van der Waals surface area (Å²) in [5.41, 5.74) is 1.00. The number of aryl methyl sites for hydroxylation is 1. The Morgan fingerprint density at radius 3 is 2.26 bits per heavy atom. The molecule has 1 aromatic rings. The maximum atomic E-state index is 12.0. The van der Waals surface area contributed by atoms with Gasteiger partial charge in [0.2, 0.25) is 0 Å². The quantitative estimate of drug-likeness (QED) is 0.687. The van der Waals surface area contributed by atoms with E-state index in [2.05, 4.69) is 6.92 Å². The summed E-state index contributed by atoms with van der Waals surface area (Å²) < 4.78 is 24.0. The van der Waals surface area contributed by atoms with Crippen LogP contribution in [0, 0.1) is 6.92 Å². The van der Waals surface area contributed by atoms with Crippen LogP contribution in [-0.2, 0) is 14.6 Å². The molecule has 0 atom stereocenters. The van der Waals surface area contributed by atoms with Gasteiger partial charge >= 0.3 is 0 Å². The number of carbonyl (C=O) groups excluding carboxylic acids is 1. The molecule has 106 valence electrons. The van der Waals surface area contributed by atoms with E-state index in [0.717, 1.165) is 31.2 Å². The normalized spacial score (nSPS) is 11.5. The smallest absolute Gasteiger partial charge is 0.185 e. The number of hydrogen-bond acceptors (Lipinski definition) is 3. The van der Waals surface area contributed by atoms with Crippen molar-refractivity contribution in [1.29, 1.82) is 0 Å². The van der Waals surface area contributed by atoms with Crippen LogP contribution in [0.1, 0.15) is 44.6 Å². The first kappa shape index (κ1) is 15.9. The Morgan fingerprint density at radius 1 is 1.05 bits per heavy atom. The second-order valence-electron chi connectivity index (χ2n) is 4.92. The minimum atomic E-state index is -3.47. The summed E-state index contributed by atoms with van der Waals surface area (Å²) in [4.78, 5) is 11.9. The van der Waals surface area contributed by atoms with Crippen molar-refractivity contribution in [3.8, 4) is 0 Å². The number of unbranched alkanes of at least 4 members (excludes halogenated alkanes) is 3. The summed E-state index contributed by atoms with van der Waals surface area (Å²) in [6.07, 6.45) is 4.35. The van der Waals surface area contributed by atoms with Gasteiger partial charge in [-0.3, -0.25) is 4.79 Å². The number of sulfone groups is 1. The molecule has 0 saturated carbocycles. The predicted molar refractivity (Wildman–Crippen MR) is 77.0 cm³/mol. The Hall–Kier alpha value is -1.16. The first-order valence-electron chi connectivity index (χ1n) is 6.77. The molecule has 1 aromatic carbocycles. The lowest BCUT2D eigenvalue weighted by Gasteiger charge is -2.04. The highest BCUT2D eigenvalue weighted by molar-refractivity contribution is 7.92. The maximum absolute atomic E-state index is 12.0. The molecular formula is C15H22O3S. The van der Waals surface area contributed by atoms with Crippen LogP contribution in [0.15, 0.2) is 29.2 Å². The van der Waals surface area contributed by atoms with E-state index in [1.54, 1.807) is 24.3 Å². The van der Waals surface area contributed by atoms with Crippen LogP contribution in [0.5, 0.6) is 0 Å². The molecule has 0 bridgehead atoms. The minimum absolute atomic E-state index is 0.184. The zero-order valence-electron chi connectivity index (χ0n) is 11.7. The van der Waals surface area contributed by atoms with Gasteiger partial charge in [-0.2, -0.15) is 0 Å². The summed E-state index contributed by atoms with van der Waals surface area (Å²) >= 11 is 0. The van der Waals surface area contributed by atoms with Gasteiger partial charge in [0.1, 0.15) is 11.5 Å². The molecule has 0 aromatic heterocycles. The molecule has 0 spiro atoms. The van der Waals surface area contributed by atoms with Gasteiger partial charge in [-0.25, -0.2) is 8.42 Å². The van der Waals surface area contributed by atoms with Gasteiger partial charge in [0.25, 0.3) is 0 Å². The Morgan fingerprint density at radius 2 is 1.68 bits per heavy atom. The number of hydrogen-bond donors (Lipinski definition) is 0.